The molecular weight excluding hydrogens is 360 g/mol. The SMILES string of the molecule is Cc1cn([C@H]2CC[C@](CO[Si](C)(C)C(C)(C)C)(CC(C)C)O2)c(=O)[nH]c1=O. The van der Waals surface area contributed by atoms with Crippen molar-refractivity contribution in [2.45, 2.75) is 90.8 Å². The van der Waals surface area contributed by atoms with Crippen molar-refractivity contribution in [1.82, 2.24) is 9.55 Å². The molecule has 2 atom stereocenters. The summed E-state index contributed by atoms with van der Waals surface area (Å²) >= 11 is 0. The zero-order chi connectivity index (χ0) is 20.6. The van der Waals surface area contributed by atoms with Crippen LogP contribution in [-0.2, 0) is 9.16 Å². The molecule has 1 aromatic rings. The van der Waals surface area contributed by atoms with Crippen LogP contribution in [0.5, 0.6) is 0 Å². The van der Waals surface area contributed by atoms with Crippen molar-refractivity contribution in [3.8, 4) is 0 Å². The molecule has 1 aliphatic rings. The molecule has 2 rings (SSSR count). The van der Waals surface area contributed by atoms with Crippen molar-refractivity contribution < 1.29 is 9.16 Å². The molecule has 154 valence electrons. The first-order valence-electron chi connectivity index (χ1n) is 9.90. The van der Waals surface area contributed by atoms with Gasteiger partial charge in [0.05, 0.1) is 12.2 Å². The van der Waals surface area contributed by atoms with Crippen molar-refractivity contribution in [3.05, 3.63) is 32.6 Å². The third-order valence-electron chi connectivity index (χ3n) is 5.97. The number of nitrogens with zero attached hydrogens (tertiary/aromatic N) is 1. The Balaban J connectivity index is 2.25. The van der Waals surface area contributed by atoms with Crippen LogP contribution in [0.4, 0.5) is 0 Å². The van der Waals surface area contributed by atoms with E-state index in [0.29, 0.717) is 18.1 Å². The van der Waals surface area contributed by atoms with E-state index in [-0.39, 0.29) is 16.8 Å². The van der Waals surface area contributed by atoms with Crippen molar-refractivity contribution >= 4 is 8.32 Å². The predicted octanol–water partition coefficient (Wildman–Crippen LogP) is 3.96. The Kier molecular flexibility index (Phi) is 6.29. The average Bonchev–Trinajstić information content (AvgIpc) is 2.91. The lowest BCUT2D eigenvalue weighted by atomic mass is 9.90. The number of hydrogen-bond acceptors (Lipinski definition) is 4. The Morgan fingerprint density at radius 3 is 2.56 bits per heavy atom. The van der Waals surface area contributed by atoms with E-state index in [1.165, 1.54) is 4.57 Å². The van der Waals surface area contributed by atoms with E-state index in [0.717, 1.165) is 19.3 Å². The van der Waals surface area contributed by atoms with Crippen molar-refractivity contribution in [2.75, 3.05) is 6.61 Å². The van der Waals surface area contributed by atoms with Crippen molar-refractivity contribution in [2.24, 2.45) is 5.92 Å². The van der Waals surface area contributed by atoms with Crippen LogP contribution in [-0.4, -0.2) is 30.1 Å². The molecule has 0 spiro atoms. The Morgan fingerprint density at radius 2 is 2.00 bits per heavy atom. The highest BCUT2D eigenvalue weighted by Gasteiger charge is 2.45. The summed E-state index contributed by atoms with van der Waals surface area (Å²) in [5.74, 6) is 0.459. The number of H-pyrrole nitrogens is 1. The van der Waals surface area contributed by atoms with Crippen LogP contribution in [0.3, 0.4) is 0 Å². The number of aromatic nitrogens is 2. The summed E-state index contributed by atoms with van der Waals surface area (Å²) in [7, 11) is -1.90. The van der Waals surface area contributed by atoms with Gasteiger partial charge in [-0.05, 0) is 50.2 Å². The smallest absolute Gasteiger partial charge is 0.330 e. The van der Waals surface area contributed by atoms with Gasteiger partial charge in [-0.15, -0.1) is 0 Å². The van der Waals surface area contributed by atoms with Gasteiger partial charge in [-0.1, -0.05) is 34.6 Å². The predicted molar refractivity (Wildman–Crippen MR) is 111 cm³/mol. The molecule has 0 bridgehead atoms. The monoisotopic (exact) mass is 396 g/mol. The number of hydrogen-bond donors (Lipinski definition) is 1. The van der Waals surface area contributed by atoms with Gasteiger partial charge in [0.2, 0.25) is 0 Å². The maximum atomic E-state index is 12.3. The summed E-state index contributed by atoms with van der Waals surface area (Å²) in [6, 6.07) is 0. The molecule has 0 saturated carbocycles. The van der Waals surface area contributed by atoms with E-state index in [2.05, 4.69) is 52.7 Å². The standard InChI is InChI=1S/C20H36N2O4Si/c1-14(2)11-20(13-25-27(7,8)19(4,5)6)10-9-16(26-20)22-12-15(3)17(23)21-18(22)24/h12,14,16H,9-11,13H2,1-8H3,(H,21,23,24)/t16-,20-/m1/s1. The van der Waals surface area contributed by atoms with Gasteiger partial charge in [-0.25, -0.2) is 4.79 Å². The third kappa shape index (κ3) is 5.00. The second-order valence-electron chi connectivity index (χ2n) is 9.92. The lowest BCUT2D eigenvalue weighted by Gasteiger charge is -2.40. The van der Waals surface area contributed by atoms with Gasteiger partial charge in [0, 0.05) is 11.8 Å². The maximum Gasteiger partial charge on any atom is 0.330 e. The first-order valence-corrected chi connectivity index (χ1v) is 12.8. The van der Waals surface area contributed by atoms with E-state index >= 15 is 0 Å². The summed E-state index contributed by atoms with van der Waals surface area (Å²) in [5.41, 5.74) is -0.639. The zero-order valence-electron chi connectivity index (χ0n) is 18.1. The fourth-order valence-corrected chi connectivity index (χ4v) is 4.43. The van der Waals surface area contributed by atoms with Crippen LogP contribution in [0.15, 0.2) is 15.8 Å². The number of nitrogens with one attached hydrogen (secondary N) is 1. The summed E-state index contributed by atoms with van der Waals surface area (Å²) in [6.07, 6.45) is 3.70. The van der Waals surface area contributed by atoms with E-state index in [1.807, 2.05) is 0 Å². The molecular formula is C20H36N2O4Si. The molecule has 1 aromatic heterocycles. The molecule has 0 radical (unpaired) electrons. The summed E-state index contributed by atoms with van der Waals surface area (Å²) in [4.78, 5) is 26.3. The second-order valence-corrected chi connectivity index (χ2v) is 14.7. The molecule has 2 heterocycles. The topological polar surface area (TPSA) is 73.3 Å². The molecule has 27 heavy (non-hydrogen) atoms. The van der Waals surface area contributed by atoms with E-state index in [4.69, 9.17) is 9.16 Å². The lowest BCUT2D eigenvalue weighted by Crippen LogP contribution is -2.47. The van der Waals surface area contributed by atoms with Gasteiger partial charge in [-0.2, -0.15) is 0 Å². The van der Waals surface area contributed by atoms with Crippen LogP contribution >= 0.6 is 0 Å². The first-order chi connectivity index (χ1) is 12.3. The maximum absolute atomic E-state index is 12.3. The Hall–Kier alpha value is -1.18. The Morgan fingerprint density at radius 1 is 1.37 bits per heavy atom. The number of aromatic amines is 1. The normalized spacial score (nSPS) is 24.0. The fraction of sp³-hybridized carbons (Fsp3) is 0.800. The van der Waals surface area contributed by atoms with E-state index in [1.54, 1.807) is 13.1 Å². The summed E-state index contributed by atoms with van der Waals surface area (Å²) in [6.45, 7) is 17.8. The van der Waals surface area contributed by atoms with Crippen molar-refractivity contribution in [1.29, 1.82) is 0 Å². The largest absolute Gasteiger partial charge is 0.414 e. The average molecular weight is 397 g/mol. The number of aryl methyl sites for hydroxylation is 1. The van der Waals surface area contributed by atoms with E-state index < -0.39 is 19.6 Å². The van der Waals surface area contributed by atoms with Gasteiger partial charge in [-0.3, -0.25) is 14.3 Å². The van der Waals surface area contributed by atoms with Gasteiger partial charge in [0.1, 0.15) is 6.23 Å². The molecule has 1 aliphatic heterocycles. The minimum atomic E-state index is -1.90. The van der Waals surface area contributed by atoms with Gasteiger partial charge in [0.15, 0.2) is 8.32 Å². The fourth-order valence-electron chi connectivity index (χ4n) is 3.38. The Labute approximate surface area is 163 Å². The quantitative estimate of drug-likeness (QED) is 0.739. The highest BCUT2D eigenvalue weighted by atomic mass is 28.4. The number of ether oxygens (including phenoxy) is 1. The molecule has 0 amide bonds. The van der Waals surface area contributed by atoms with Crippen LogP contribution in [0.25, 0.3) is 0 Å². The minimum absolute atomic E-state index is 0.136. The minimum Gasteiger partial charge on any atom is -0.414 e. The van der Waals surface area contributed by atoms with Crippen LogP contribution in [0, 0.1) is 12.8 Å². The molecule has 1 saturated heterocycles. The number of rotatable bonds is 6. The first kappa shape index (κ1) is 22.1. The molecule has 6 nitrogen and oxygen atoms in total. The molecule has 0 unspecified atom stereocenters. The molecule has 1 fully saturated rings. The van der Waals surface area contributed by atoms with Crippen LogP contribution in [0.1, 0.15) is 65.7 Å². The zero-order valence-corrected chi connectivity index (χ0v) is 19.1. The summed E-state index contributed by atoms with van der Waals surface area (Å²) in [5, 5.41) is 0.136. The summed E-state index contributed by atoms with van der Waals surface area (Å²) < 4.78 is 14.5. The molecule has 7 heteroatoms. The molecule has 0 aromatic carbocycles. The lowest BCUT2D eigenvalue weighted by molar-refractivity contribution is -0.106. The highest BCUT2D eigenvalue weighted by molar-refractivity contribution is 6.74. The molecule has 0 aliphatic carbocycles. The highest BCUT2D eigenvalue weighted by Crippen LogP contribution is 2.43. The van der Waals surface area contributed by atoms with Crippen molar-refractivity contribution in [3.63, 3.8) is 0 Å². The van der Waals surface area contributed by atoms with Crippen LogP contribution in [0.2, 0.25) is 18.1 Å². The van der Waals surface area contributed by atoms with Gasteiger partial charge >= 0.3 is 5.69 Å². The van der Waals surface area contributed by atoms with Gasteiger partial charge < -0.3 is 9.16 Å². The third-order valence-corrected chi connectivity index (χ3v) is 10.4. The second kappa shape index (κ2) is 7.68. The Bertz CT molecular complexity index is 775. The van der Waals surface area contributed by atoms with E-state index in [9.17, 15) is 9.59 Å². The van der Waals surface area contributed by atoms with Crippen LogP contribution < -0.4 is 11.2 Å². The molecule has 1 N–H and O–H groups in total. The van der Waals surface area contributed by atoms with Gasteiger partial charge in [0.25, 0.3) is 5.56 Å².